The average Bonchev–Trinajstić information content (AvgIpc) is 2.73. The van der Waals surface area contributed by atoms with Crippen molar-refractivity contribution in [3.8, 4) is 11.5 Å². The molecule has 29 heavy (non-hydrogen) atoms. The molecule has 4 heteroatoms. The predicted octanol–water partition coefficient (Wildman–Crippen LogP) is 5.33. The molecular weight excluding hydrogens is 364 g/mol. The van der Waals surface area contributed by atoms with Crippen molar-refractivity contribution in [3.05, 3.63) is 94.5 Å². The highest BCUT2D eigenvalue weighted by Crippen LogP contribution is 2.45. The van der Waals surface area contributed by atoms with E-state index in [2.05, 4.69) is 12.1 Å². The molecule has 0 spiro atoms. The van der Waals surface area contributed by atoms with Gasteiger partial charge in [0.15, 0.2) is 0 Å². The van der Waals surface area contributed by atoms with Crippen LogP contribution in [0.5, 0.6) is 11.5 Å². The highest BCUT2D eigenvalue weighted by Gasteiger charge is 2.34. The molecule has 0 aliphatic heterocycles. The molecule has 0 fully saturated rings. The van der Waals surface area contributed by atoms with Gasteiger partial charge >= 0.3 is 0 Å². The lowest BCUT2D eigenvalue weighted by atomic mass is 9.74. The van der Waals surface area contributed by atoms with Gasteiger partial charge in [0.1, 0.15) is 11.5 Å². The molecule has 0 heterocycles. The maximum atomic E-state index is 13.0. The first-order chi connectivity index (χ1) is 14.1. The monoisotopic (exact) mass is 388 g/mol. The van der Waals surface area contributed by atoms with Gasteiger partial charge in [0.25, 0.3) is 0 Å². The van der Waals surface area contributed by atoms with E-state index in [0.717, 1.165) is 36.0 Å². The highest BCUT2D eigenvalue weighted by molar-refractivity contribution is 6.15. The average molecular weight is 388 g/mol. The number of rotatable bonds is 6. The number of carbonyl (C=O) groups is 1. The molecule has 0 bridgehead atoms. The summed E-state index contributed by atoms with van der Waals surface area (Å²) >= 11 is 0. The fourth-order valence-electron chi connectivity index (χ4n) is 4.39. The van der Waals surface area contributed by atoms with Crippen LogP contribution in [0.2, 0.25) is 0 Å². The first kappa shape index (κ1) is 19.2. The van der Waals surface area contributed by atoms with Crippen molar-refractivity contribution in [2.45, 2.75) is 31.3 Å². The first-order valence-electron chi connectivity index (χ1n) is 9.88. The van der Waals surface area contributed by atoms with Crippen molar-refractivity contribution in [2.75, 3.05) is 7.11 Å². The lowest BCUT2D eigenvalue weighted by Crippen LogP contribution is -2.20. The third-order valence-electron chi connectivity index (χ3n) is 5.77. The summed E-state index contributed by atoms with van der Waals surface area (Å²) in [6.07, 6.45) is 2.50. The standard InChI is InChI=1S/C25H24O4/c1-29-22(16-8-3-2-4-9-16)15-7-10-17-18-11-5-13-20(26)23(18)25(28)24-19(17)12-6-14-21(24)27/h2-6,8-9,11-14,17,22,26-27H,7,10,15H2,1H3. The van der Waals surface area contributed by atoms with E-state index in [9.17, 15) is 15.0 Å². The van der Waals surface area contributed by atoms with Crippen molar-refractivity contribution in [3.63, 3.8) is 0 Å². The maximum Gasteiger partial charge on any atom is 0.201 e. The minimum Gasteiger partial charge on any atom is -0.507 e. The second-order valence-electron chi connectivity index (χ2n) is 7.43. The van der Waals surface area contributed by atoms with Crippen LogP contribution in [0, 0.1) is 0 Å². The molecule has 4 nitrogen and oxygen atoms in total. The number of ether oxygens (including phenoxy) is 1. The van der Waals surface area contributed by atoms with Crippen molar-refractivity contribution in [2.24, 2.45) is 0 Å². The number of phenolic OH excluding ortho intramolecular Hbond substituents is 2. The zero-order chi connectivity index (χ0) is 20.4. The van der Waals surface area contributed by atoms with Gasteiger partial charge in [-0.05, 0) is 48.1 Å². The molecule has 0 saturated heterocycles. The zero-order valence-electron chi connectivity index (χ0n) is 16.3. The van der Waals surface area contributed by atoms with Crippen LogP contribution in [0.25, 0.3) is 0 Å². The number of aromatic hydroxyl groups is 2. The van der Waals surface area contributed by atoms with Crippen LogP contribution in [0.3, 0.4) is 0 Å². The van der Waals surface area contributed by atoms with Crippen LogP contribution in [-0.4, -0.2) is 23.1 Å². The third kappa shape index (κ3) is 3.52. The summed E-state index contributed by atoms with van der Waals surface area (Å²) in [5.41, 5.74) is 3.39. The number of fused-ring (bicyclic) bond motifs is 2. The summed E-state index contributed by atoms with van der Waals surface area (Å²) in [6.45, 7) is 0. The first-order valence-corrected chi connectivity index (χ1v) is 9.88. The van der Waals surface area contributed by atoms with Crippen molar-refractivity contribution < 1.29 is 19.7 Å². The molecule has 1 unspecified atom stereocenters. The van der Waals surface area contributed by atoms with Crippen LogP contribution in [-0.2, 0) is 4.74 Å². The number of phenols is 2. The van der Waals surface area contributed by atoms with Crippen LogP contribution in [0.1, 0.15) is 63.9 Å². The Kier molecular flexibility index (Phi) is 5.36. The molecule has 1 aliphatic rings. The van der Waals surface area contributed by atoms with Gasteiger partial charge in [0.2, 0.25) is 5.78 Å². The molecule has 0 amide bonds. The van der Waals surface area contributed by atoms with Crippen molar-refractivity contribution >= 4 is 5.78 Å². The second-order valence-corrected chi connectivity index (χ2v) is 7.43. The Hall–Kier alpha value is -3.11. The van der Waals surface area contributed by atoms with E-state index >= 15 is 0 Å². The summed E-state index contributed by atoms with van der Waals surface area (Å²) in [4.78, 5) is 13.0. The Labute approximate surface area is 170 Å². The van der Waals surface area contributed by atoms with Crippen LogP contribution in [0.15, 0.2) is 66.7 Å². The molecule has 0 saturated carbocycles. The second kappa shape index (κ2) is 8.10. The SMILES string of the molecule is COC(CCCC1c2cccc(O)c2C(=O)c2c(O)cccc21)c1ccccc1. The normalized spacial score (nSPS) is 14.3. The van der Waals surface area contributed by atoms with E-state index in [1.54, 1.807) is 19.2 Å². The summed E-state index contributed by atoms with van der Waals surface area (Å²) in [6, 6.07) is 20.5. The van der Waals surface area contributed by atoms with Gasteiger partial charge in [-0.3, -0.25) is 4.79 Å². The maximum absolute atomic E-state index is 13.0. The molecule has 3 aromatic carbocycles. The van der Waals surface area contributed by atoms with Gasteiger partial charge in [0.05, 0.1) is 17.2 Å². The van der Waals surface area contributed by atoms with Crippen LogP contribution in [0.4, 0.5) is 0 Å². The van der Waals surface area contributed by atoms with E-state index < -0.39 is 0 Å². The molecule has 1 atom stereocenters. The number of hydrogen-bond acceptors (Lipinski definition) is 4. The Balaban J connectivity index is 1.63. The molecule has 0 aromatic heterocycles. The lowest BCUT2D eigenvalue weighted by Gasteiger charge is -2.29. The smallest absolute Gasteiger partial charge is 0.201 e. The number of benzene rings is 3. The van der Waals surface area contributed by atoms with Crippen LogP contribution >= 0.6 is 0 Å². The summed E-state index contributed by atoms with van der Waals surface area (Å²) in [7, 11) is 1.72. The van der Waals surface area contributed by atoms with Gasteiger partial charge in [-0.1, -0.05) is 54.6 Å². The quantitative estimate of drug-likeness (QED) is 0.599. The number of hydrogen-bond donors (Lipinski definition) is 2. The van der Waals surface area contributed by atoms with E-state index in [-0.39, 0.29) is 29.3 Å². The summed E-state index contributed by atoms with van der Waals surface area (Å²) in [5.74, 6) is -0.456. The minimum atomic E-state index is -0.318. The minimum absolute atomic E-state index is 0.00807. The molecule has 3 aromatic rings. The van der Waals surface area contributed by atoms with Gasteiger partial charge in [-0.25, -0.2) is 0 Å². The molecule has 148 valence electrons. The van der Waals surface area contributed by atoms with Crippen molar-refractivity contribution in [1.82, 2.24) is 0 Å². The van der Waals surface area contributed by atoms with E-state index in [4.69, 9.17) is 4.74 Å². The van der Waals surface area contributed by atoms with Gasteiger partial charge in [-0.2, -0.15) is 0 Å². The van der Waals surface area contributed by atoms with Gasteiger partial charge in [-0.15, -0.1) is 0 Å². The van der Waals surface area contributed by atoms with Gasteiger partial charge < -0.3 is 14.9 Å². The topological polar surface area (TPSA) is 66.8 Å². The Morgan fingerprint density at radius 1 is 0.862 bits per heavy atom. The van der Waals surface area contributed by atoms with Crippen LogP contribution < -0.4 is 0 Å². The summed E-state index contributed by atoms with van der Waals surface area (Å²) in [5, 5.41) is 20.7. The lowest BCUT2D eigenvalue weighted by molar-refractivity contribution is 0.0928. The molecule has 0 radical (unpaired) electrons. The van der Waals surface area contributed by atoms with E-state index in [1.165, 1.54) is 12.1 Å². The Bertz CT molecular complexity index is 971. The Morgan fingerprint density at radius 3 is 2.00 bits per heavy atom. The van der Waals surface area contributed by atoms with E-state index in [0.29, 0.717) is 11.1 Å². The number of carbonyl (C=O) groups excluding carboxylic acids is 1. The van der Waals surface area contributed by atoms with Crippen molar-refractivity contribution in [1.29, 1.82) is 0 Å². The highest BCUT2D eigenvalue weighted by atomic mass is 16.5. The Morgan fingerprint density at radius 2 is 1.45 bits per heavy atom. The van der Waals surface area contributed by atoms with Gasteiger partial charge in [0, 0.05) is 13.0 Å². The number of methoxy groups -OCH3 is 1. The molecule has 2 N–H and O–H groups in total. The molecule has 1 aliphatic carbocycles. The third-order valence-corrected chi connectivity index (χ3v) is 5.77. The summed E-state index contributed by atoms with van der Waals surface area (Å²) < 4.78 is 5.69. The predicted molar refractivity (Wildman–Crippen MR) is 112 cm³/mol. The number of ketones is 1. The largest absolute Gasteiger partial charge is 0.507 e. The molecule has 4 rings (SSSR count). The molecular formula is C25H24O4. The van der Waals surface area contributed by atoms with E-state index in [1.807, 2.05) is 30.3 Å². The fraction of sp³-hybridized carbons (Fsp3) is 0.240. The zero-order valence-corrected chi connectivity index (χ0v) is 16.3. The fourth-order valence-corrected chi connectivity index (χ4v) is 4.39.